The largest absolute Gasteiger partial charge is 0.481 e. The molecule has 0 aliphatic heterocycles. The minimum atomic E-state index is 0.559. The summed E-state index contributed by atoms with van der Waals surface area (Å²) in [5, 5.41) is 3.15. The Hall–Kier alpha value is -1.36. The van der Waals surface area contributed by atoms with Crippen molar-refractivity contribution in [3.05, 3.63) is 12.4 Å². The molecule has 0 saturated carbocycles. The summed E-state index contributed by atoms with van der Waals surface area (Å²) in [7, 11) is 1.58. The van der Waals surface area contributed by atoms with Gasteiger partial charge in [0.25, 0.3) is 0 Å². The van der Waals surface area contributed by atoms with Gasteiger partial charge in [-0.15, -0.1) is 0 Å². The first-order valence-electron chi connectivity index (χ1n) is 5.90. The molecule has 0 aliphatic rings. The smallest absolute Gasteiger partial charge is 0.218 e. The summed E-state index contributed by atoms with van der Waals surface area (Å²) in [5.41, 5.74) is 0. The van der Waals surface area contributed by atoms with Crippen LogP contribution in [0.4, 0.5) is 5.82 Å². The van der Waals surface area contributed by atoms with Crippen molar-refractivity contribution in [3.63, 3.8) is 0 Å². The van der Waals surface area contributed by atoms with Crippen molar-refractivity contribution >= 4 is 5.82 Å². The van der Waals surface area contributed by atoms with Crippen LogP contribution in [0.3, 0.4) is 0 Å². The molecule has 5 heteroatoms. The molecule has 0 fully saturated rings. The van der Waals surface area contributed by atoms with E-state index in [-0.39, 0.29) is 0 Å². The summed E-state index contributed by atoms with van der Waals surface area (Å²) in [4.78, 5) is 8.01. The third kappa shape index (κ3) is 6.06. The highest BCUT2D eigenvalue weighted by atomic mass is 16.5. The van der Waals surface area contributed by atoms with E-state index in [0.29, 0.717) is 18.4 Å². The molecule has 1 aromatic heterocycles. The van der Waals surface area contributed by atoms with E-state index in [1.807, 2.05) is 0 Å². The molecule has 1 N–H and O–H groups in total. The van der Waals surface area contributed by atoms with Crippen molar-refractivity contribution in [1.29, 1.82) is 0 Å². The molecule has 0 saturated heterocycles. The summed E-state index contributed by atoms with van der Waals surface area (Å²) in [6.07, 6.45) is 2.57. The van der Waals surface area contributed by atoms with Crippen LogP contribution in [0.15, 0.2) is 12.4 Å². The Labute approximate surface area is 103 Å². The van der Waals surface area contributed by atoms with Crippen LogP contribution in [0.25, 0.3) is 0 Å². The molecule has 5 nitrogen and oxygen atoms in total. The predicted octanol–water partition coefficient (Wildman–Crippen LogP) is 1.96. The number of rotatable bonds is 8. The Balaban J connectivity index is 2.13. The van der Waals surface area contributed by atoms with Crippen LogP contribution in [-0.2, 0) is 4.74 Å². The van der Waals surface area contributed by atoms with Gasteiger partial charge < -0.3 is 14.8 Å². The maximum Gasteiger partial charge on any atom is 0.218 e. The van der Waals surface area contributed by atoms with E-state index >= 15 is 0 Å². The van der Waals surface area contributed by atoms with Crippen LogP contribution in [0.2, 0.25) is 0 Å². The van der Waals surface area contributed by atoms with Gasteiger partial charge in [0.1, 0.15) is 12.1 Å². The lowest BCUT2D eigenvalue weighted by Crippen LogP contribution is -2.11. The van der Waals surface area contributed by atoms with E-state index in [4.69, 9.17) is 9.47 Å². The Morgan fingerprint density at radius 2 is 2.12 bits per heavy atom. The molecule has 1 heterocycles. The zero-order valence-electron chi connectivity index (χ0n) is 10.8. The molecule has 0 unspecified atom stereocenters. The zero-order valence-corrected chi connectivity index (χ0v) is 10.8. The van der Waals surface area contributed by atoms with Gasteiger partial charge in [-0.1, -0.05) is 13.8 Å². The number of aromatic nitrogens is 2. The highest BCUT2D eigenvalue weighted by molar-refractivity contribution is 5.36. The van der Waals surface area contributed by atoms with E-state index in [1.54, 1.807) is 13.2 Å². The van der Waals surface area contributed by atoms with E-state index in [2.05, 4.69) is 29.1 Å². The molecule has 0 aliphatic carbocycles. The van der Waals surface area contributed by atoms with Crippen molar-refractivity contribution < 1.29 is 9.47 Å². The molecular weight excluding hydrogens is 218 g/mol. The van der Waals surface area contributed by atoms with Crippen molar-refractivity contribution in [1.82, 2.24) is 9.97 Å². The maximum atomic E-state index is 5.49. The molecule has 0 aromatic carbocycles. The number of nitrogens with zero attached hydrogens (tertiary/aromatic N) is 2. The zero-order chi connectivity index (χ0) is 12.5. The molecule has 0 amide bonds. The van der Waals surface area contributed by atoms with Crippen LogP contribution in [0.5, 0.6) is 5.88 Å². The fourth-order valence-electron chi connectivity index (χ4n) is 1.22. The number of nitrogens with one attached hydrogen (secondary N) is 1. The van der Waals surface area contributed by atoms with Crippen LogP contribution in [0.1, 0.15) is 20.3 Å². The lowest BCUT2D eigenvalue weighted by molar-refractivity contribution is 0.132. The summed E-state index contributed by atoms with van der Waals surface area (Å²) in [6, 6.07) is 1.76. The van der Waals surface area contributed by atoms with Gasteiger partial charge in [0, 0.05) is 19.2 Å². The predicted molar refractivity (Wildman–Crippen MR) is 67.3 cm³/mol. The maximum absolute atomic E-state index is 5.49. The molecular formula is C12H21N3O2. The van der Waals surface area contributed by atoms with Gasteiger partial charge in [-0.2, -0.15) is 0 Å². The molecule has 0 bridgehead atoms. The van der Waals surface area contributed by atoms with Gasteiger partial charge in [-0.05, 0) is 12.3 Å². The summed E-state index contributed by atoms with van der Waals surface area (Å²) >= 11 is 0. The lowest BCUT2D eigenvalue weighted by Gasteiger charge is -2.08. The molecule has 0 atom stereocenters. The average molecular weight is 239 g/mol. The second kappa shape index (κ2) is 7.84. The molecule has 0 radical (unpaired) electrons. The fourth-order valence-corrected chi connectivity index (χ4v) is 1.22. The highest BCUT2D eigenvalue weighted by Crippen LogP contribution is 2.09. The van der Waals surface area contributed by atoms with Crippen molar-refractivity contribution in [2.24, 2.45) is 5.92 Å². The summed E-state index contributed by atoms with van der Waals surface area (Å²) in [5.74, 6) is 2.00. The Kier molecular flexibility index (Phi) is 6.32. The number of methoxy groups -OCH3 is 1. The average Bonchev–Trinajstić information content (AvgIpc) is 2.33. The molecule has 1 aromatic rings. The minimum Gasteiger partial charge on any atom is -0.481 e. The first kappa shape index (κ1) is 13.7. The van der Waals surface area contributed by atoms with Crippen LogP contribution in [0, 0.1) is 5.92 Å². The van der Waals surface area contributed by atoms with Gasteiger partial charge >= 0.3 is 0 Å². The van der Waals surface area contributed by atoms with E-state index in [0.717, 1.165) is 25.4 Å². The van der Waals surface area contributed by atoms with Gasteiger partial charge in [0.05, 0.1) is 13.7 Å². The quantitative estimate of drug-likeness (QED) is 0.703. The third-order valence-corrected chi connectivity index (χ3v) is 2.24. The van der Waals surface area contributed by atoms with Crippen molar-refractivity contribution in [3.8, 4) is 5.88 Å². The first-order valence-corrected chi connectivity index (χ1v) is 5.90. The second-order valence-corrected chi connectivity index (χ2v) is 4.17. The van der Waals surface area contributed by atoms with Crippen molar-refractivity contribution in [2.45, 2.75) is 20.3 Å². The van der Waals surface area contributed by atoms with Gasteiger partial charge in [0.2, 0.25) is 5.88 Å². The van der Waals surface area contributed by atoms with Crippen LogP contribution >= 0.6 is 0 Å². The molecule has 1 rings (SSSR count). The molecule has 96 valence electrons. The topological polar surface area (TPSA) is 56.3 Å². The molecule has 0 spiro atoms. The number of ether oxygens (including phenoxy) is 2. The Morgan fingerprint density at radius 3 is 2.82 bits per heavy atom. The van der Waals surface area contributed by atoms with Crippen LogP contribution < -0.4 is 10.1 Å². The lowest BCUT2D eigenvalue weighted by atomic mass is 10.1. The number of hydrogen-bond acceptors (Lipinski definition) is 5. The fraction of sp³-hybridized carbons (Fsp3) is 0.667. The Bertz CT molecular complexity index is 318. The normalized spacial score (nSPS) is 10.6. The first-order chi connectivity index (χ1) is 8.22. The SMILES string of the molecule is COc1cc(NCCOCCC(C)C)ncn1. The Morgan fingerprint density at radius 1 is 1.29 bits per heavy atom. The van der Waals surface area contributed by atoms with Crippen molar-refractivity contribution in [2.75, 3.05) is 32.2 Å². The van der Waals surface area contributed by atoms with Gasteiger partial charge in [-0.25, -0.2) is 9.97 Å². The monoisotopic (exact) mass is 239 g/mol. The molecule has 17 heavy (non-hydrogen) atoms. The number of hydrogen-bond donors (Lipinski definition) is 1. The third-order valence-electron chi connectivity index (χ3n) is 2.24. The number of anilines is 1. The van der Waals surface area contributed by atoms with E-state index < -0.39 is 0 Å². The summed E-state index contributed by atoms with van der Waals surface area (Å²) in [6.45, 7) is 6.60. The highest BCUT2D eigenvalue weighted by Gasteiger charge is 1.98. The van der Waals surface area contributed by atoms with Crippen LogP contribution in [-0.4, -0.2) is 36.8 Å². The van der Waals surface area contributed by atoms with E-state index in [9.17, 15) is 0 Å². The second-order valence-electron chi connectivity index (χ2n) is 4.17. The minimum absolute atomic E-state index is 0.559. The van der Waals surface area contributed by atoms with E-state index in [1.165, 1.54) is 6.33 Å². The van der Waals surface area contributed by atoms with Gasteiger partial charge in [0.15, 0.2) is 0 Å². The standard InChI is InChI=1S/C12H21N3O2/c1-10(2)4-6-17-7-5-13-11-8-12(16-3)15-9-14-11/h8-10H,4-7H2,1-3H3,(H,13,14,15). The summed E-state index contributed by atoms with van der Waals surface area (Å²) < 4.78 is 10.5. The van der Waals surface area contributed by atoms with Gasteiger partial charge in [-0.3, -0.25) is 0 Å².